The molecule has 1 saturated carbocycles. The first-order chi connectivity index (χ1) is 7.32. The van der Waals surface area contributed by atoms with Crippen molar-refractivity contribution in [2.45, 2.75) is 20.8 Å². The number of hydrogen-bond donors (Lipinski definition) is 0. The molecule has 0 heterocycles. The Bertz CT molecular complexity index is 346. The number of allylic oxidation sites excluding steroid dienone is 1. The first-order valence-corrected chi connectivity index (χ1v) is 5.87. The number of ether oxygens (including phenoxy) is 1. The van der Waals surface area contributed by atoms with Crippen molar-refractivity contribution in [3.05, 3.63) is 10.6 Å². The van der Waals surface area contributed by atoms with Crippen molar-refractivity contribution in [2.24, 2.45) is 17.3 Å². The van der Waals surface area contributed by atoms with Crippen LogP contribution in [0.3, 0.4) is 0 Å². The summed E-state index contributed by atoms with van der Waals surface area (Å²) < 4.78 is 5.05. The van der Waals surface area contributed by atoms with Crippen molar-refractivity contribution in [1.82, 2.24) is 0 Å². The zero-order chi connectivity index (χ0) is 12.5. The minimum atomic E-state index is -1.07. The fourth-order valence-corrected chi connectivity index (χ4v) is 2.26. The average molecular weight is 290 g/mol. The maximum atomic E-state index is 11.3. The molecular formula is C11H14BrO4-. The zero-order valence-electron chi connectivity index (χ0n) is 9.45. The maximum absolute atomic E-state index is 11.3. The third-order valence-corrected chi connectivity index (χ3v) is 3.55. The standard InChI is InChI=1S/C11H15BrO4/c1-4-16-10(15)7(12)5-6-8(9(13)14)11(6,2)3/h5-6,8H,4H2,1-3H3,(H,13,14)/p-1/b7-5+. The van der Waals surface area contributed by atoms with Gasteiger partial charge in [0.15, 0.2) is 0 Å². The second-order valence-electron chi connectivity index (χ2n) is 4.38. The maximum Gasteiger partial charge on any atom is 0.344 e. The predicted octanol–water partition coefficient (Wildman–Crippen LogP) is 0.850. The summed E-state index contributed by atoms with van der Waals surface area (Å²) in [4.78, 5) is 22.1. The summed E-state index contributed by atoms with van der Waals surface area (Å²) in [6, 6.07) is 0. The van der Waals surface area contributed by atoms with Crippen LogP contribution in [0.25, 0.3) is 0 Å². The molecule has 0 aliphatic heterocycles. The molecule has 16 heavy (non-hydrogen) atoms. The Morgan fingerprint density at radius 3 is 2.44 bits per heavy atom. The van der Waals surface area contributed by atoms with Crippen molar-refractivity contribution in [3.63, 3.8) is 0 Å². The van der Waals surface area contributed by atoms with Gasteiger partial charge in [-0.15, -0.1) is 0 Å². The van der Waals surface area contributed by atoms with Crippen LogP contribution < -0.4 is 5.11 Å². The summed E-state index contributed by atoms with van der Waals surface area (Å²) in [5, 5.41) is 10.8. The molecule has 0 amide bonds. The SMILES string of the molecule is CCOC(=O)/C(Br)=C\C1C(C(=O)[O-])C1(C)C. The molecule has 2 atom stereocenters. The molecule has 4 nitrogen and oxygen atoms in total. The van der Waals surface area contributed by atoms with E-state index in [1.165, 1.54) is 0 Å². The normalized spacial score (nSPS) is 27.4. The lowest BCUT2D eigenvalue weighted by Crippen LogP contribution is -2.26. The second-order valence-corrected chi connectivity index (χ2v) is 5.23. The van der Waals surface area contributed by atoms with E-state index in [0.717, 1.165) is 0 Å². The summed E-state index contributed by atoms with van der Waals surface area (Å²) in [7, 11) is 0. The number of aliphatic carboxylic acids is 1. The van der Waals surface area contributed by atoms with E-state index in [-0.39, 0.29) is 15.8 Å². The fraction of sp³-hybridized carbons (Fsp3) is 0.636. The first-order valence-electron chi connectivity index (χ1n) is 5.07. The number of carbonyl (C=O) groups is 2. The number of hydrogen-bond acceptors (Lipinski definition) is 4. The van der Waals surface area contributed by atoms with E-state index >= 15 is 0 Å². The minimum absolute atomic E-state index is 0.184. The molecule has 1 rings (SSSR count). The van der Waals surface area contributed by atoms with Gasteiger partial charge in [-0.1, -0.05) is 19.9 Å². The zero-order valence-corrected chi connectivity index (χ0v) is 11.0. The third-order valence-electron chi connectivity index (χ3n) is 2.96. The van der Waals surface area contributed by atoms with Crippen LogP contribution in [0.5, 0.6) is 0 Å². The topological polar surface area (TPSA) is 66.4 Å². The lowest BCUT2D eigenvalue weighted by molar-refractivity contribution is -0.309. The number of carbonyl (C=O) groups excluding carboxylic acids is 2. The van der Waals surface area contributed by atoms with E-state index in [1.54, 1.807) is 13.0 Å². The molecule has 0 aromatic rings. The Labute approximate surface area is 103 Å². The average Bonchev–Trinajstić information content (AvgIpc) is 2.68. The van der Waals surface area contributed by atoms with Gasteiger partial charge >= 0.3 is 5.97 Å². The Balaban J connectivity index is 2.72. The van der Waals surface area contributed by atoms with Gasteiger partial charge in [-0.25, -0.2) is 4.79 Å². The van der Waals surface area contributed by atoms with Gasteiger partial charge in [0.1, 0.15) is 0 Å². The smallest absolute Gasteiger partial charge is 0.344 e. The lowest BCUT2D eigenvalue weighted by atomic mass is 10.1. The van der Waals surface area contributed by atoms with Crippen molar-refractivity contribution >= 4 is 27.9 Å². The molecule has 1 aliphatic carbocycles. The molecule has 0 bridgehead atoms. The highest BCUT2D eigenvalue weighted by atomic mass is 79.9. The molecule has 1 fully saturated rings. The fourth-order valence-electron chi connectivity index (χ4n) is 1.86. The number of rotatable bonds is 4. The lowest BCUT2D eigenvalue weighted by Gasteiger charge is -2.01. The second kappa shape index (κ2) is 4.57. The molecular weight excluding hydrogens is 276 g/mol. The van der Waals surface area contributed by atoms with Crippen LogP contribution in [0.1, 0.15) is 20.8 Å². The highest BCUT2D eigenvalue weighted by molar-refractivity contribution is 9.12. The van der Waals surface area contributed by atoms with Crippen LogP contribution >= 0.6 is 15.9 Å². The van der Waals surface area contributed by atoms with Crippen LogP contribution in [-0.4, -0.2) is 18.5 Å². The molecule has 1 aliphatic rings. The van der Waals surface area contributed by atoms with E-state index in [9.17, 15) is 14.7 Å². The van der Waals surface area contributed by atoms with E-state index in [0.29, 0.717) is 6.61 Å². The molecule has 0 radical (unpaired) electrons. The number of carboxylic acids is 1. The predicted molar refractivity (Wildman–Crippen MR) is 59.4 cm³/mol. The minimum Gasteiger partial charge on any atom is -0.550 e. The van der Waals surface area contributed by atoms with Gasteiger partial charge in [0.25, 0.3) is 0 Å². The van der Waals surface area contributed by atoms with Crippen molar-refractivity contribution < 1.29 is 19.4 Å². The molecule has 0 spiro atoms. The summed E-state index contributed by atoms with van der Waals surface area (Å²) >= 11 is 3.09. The van der Waals surface area contributed by atoms with Crippen molar-refractivity contribution in [2.75, 3.05) is 6.61 Å². The van der Waals surface area contributed by atoms with Crippen LogP contribution in [0.15, 0.2) is 10.6 Å². The monoisotopic (exact) mass is 289 g/mol. The largest absolute Gasteiger partial charge is 0.550 e. The highest BCUT2D eigenvalue weighted by Gasteiger charge is 2.57. The summed E-state index contributed by atoms with van der Waals surface area (Å²) in [5.41, 5.74) is -0.357. The van der Waals surface area contributed by atoms with Crippen LogP contribution in [0, 0.1) is 17.3 Å². The molecule has 5 heteroatoms. The first kappa shape index (κ1) is 13.2. The quantitative estimate of drug-likeness (QED) is 0.568. The summed E-state index contributed by atoms with van der Waals surface area (Å²) in [6.07, 6.45) is 1.60. The van der Waals surface area contributed by atoms with Gasteiger partial charge in [0, 0.05) is 11.9 Å². The van der Waals surface area contributed by atoms with Gasteiger partial charge in [0.05, 0.1) is 11.1 Å². The van der Waals surface area contributed by atoms with Crippen molar-refractivity contribution in [3.8, 4) is 0 Å². The van der Waals surface area contributed by atoms with E-state index in [2.05, 4.69) is 15.9 Å². The molecule has 0 aromatic carbocycles. The molecule has 90 valence electrons. The Morgan fingerprint density at radius 1 is 1.50 bits per heavy atom. The van der Waals surface area contributed by atoms with Gasteiger partial charge in [-0.2, -0.15) is 0 Å². The number of halogens is 1. The van der Waals surface area contributed by atoms with Crippen LogP contribution in [-0.2, 0) is 14.3 Å². The number of esters is 1. The number of carboxylic acid groups (broad SMARTS) is 1. The van der Waals surface area contributed by atoms with Gasteiger partial charge in [-0.05, 0) is 34.2 Å². The molecule has 0 saturated heterocycles. The Hall–Kier alpha value is -0.840. The van der Waals surface area contributed by atoms with E-state index < -0.39 is 17.9 Å². The van der Waals surface area contributed by atoms with E-state index in [4.69, 9.17) is 4.74 Å². The molecule has 0 aromatic heterocycles. The van der Waals surface area contributed by atoms with Crippen LogP contribution in [0.2, 0.25) is 0 Å². The Morgan fingerprint density at radius 2 is 2.06 bits per heavy atom. The van der Waals surface area contributed by atoms with E-state index in [1.807, 2.05) is 13.8 Å². The summed E-state index contributed by atoms with van der Waals surface area (Å²) in [6.45, 7) is 5.67. The van der Waals surface area contributed by atoms with Gasteiger partial charge < -0.3 is 14.6 Å². The van der Waals surface area contributed by atoms with Gasteiger partial charge in [0.2, 0.25) is 0 Å². The Kier molecular flexibility index (Phi) is 3.78. The third kappa shape index (κ3) is 2.45. The molecule has 0 N–H and O–H groups in total. The highest BCUT2D eigenvalue weighted by Crippen LogP contribution is 2.59. The van der Waals surface area contributed by atoms with Gasteiger partial charge in [-0.3, -0.25) is 0 Å². The van der Waals surface area contributed by atoms with Crippen molar-refractivity contribution in [1.29, 1.82) is 0 Å². The van der Waals surface area contributed by atoms with Crippen LogP contribution in [0.4, 0.5) is 0 Å². The molecule has 2 unspecified atom stereocenters. The summed E-state index contributed by atoms with van der Waals surface area (Å²) in [5.74, 6) is -2.26.